The number of likely N-dealkylation sites (tertiary alicyclic amines) is 2. The van der Waals surface area contributed by atoms with E-state index < -0.39 is 11.8 Å². The molecule has 0 aliphatic carbocycles. The molecule has 0 aromatic carbocycles. The van der Waals surface area contributed by atoms with Crippen molar-refractivity contribution >= 4 is 81.9 Å². The number of guanidine groups is 1. The van der Waals surface area contributed by atoms with Crippen LogP contribution in [0.25, 0.3) is 0 Å². The Kier molecular flexibility index (Phi) is 11.6. The molecular formula is C33H45Cl2N15O4. The van der Waals surface area contributed by atoms with Gasteiger partial charge >= 0.3 is 0 Å². The van der Waals surface area contributed by atoms with E-state index in [0.717, 1.165) is 44.9 Å². The molecule has 2 aromatic rings. The normalized spacial score (nSPS) is 18.6. The van der Waals surface area contributed by atoms with E-state index in [1.165, 1.54) is 0 Å². The molecule has 54 heavy (non-hydrogen) atoms. The highest BCUT2D eigenvalue weighted by molar-refractivity contribution is 6.32. The maximum atomic E-state index is 13.0. The van der Waals surface area contributed by atoms with E-state index in [1.807, 2.05) is 9.80 Å². The van der Waals surface area contributed by atoms with Crippen molar-refractivity contribution < 1.29 is 19.2 Å². The predicted molar refractivity (Wildman–Crippen MR) is 204 cm³/mol. The molecule has 21 heteroatoms. The topological polar surface area (TPSA) is 291 Å². The number of carbonyl (C=O) groups is 4. The van der Waals surface area contributed by atoms with Crippen LogP contribution in [0.4, 0.5) is 23.3 Å². The molecule has 6 rings (SSSR count). The molecule has 0 atom stereocenters. The summed E-state index contributed by atoms with van der Waals surface area (Å²) in [7, 11) is 0. The Labute approximate surface area is 321 Å². The van der Waals surface area contributed by atoms with Crippen molar-refractivity contribution in [2.45, 2.75) is 88.1 Å². The molecule has 11 N–H and O–H groups in total. The van der Waals surface area contributed by atoms with Gasteiger partial charge in [-0.2, -0.15) is 0 Å². The van der Waals surface area contributed by atoms with Crippen molar-refractivity contribution in [3.63, 3.8) is 0 Å². The van der Waals surface area contributed by atoms with Gasteiger partial charge in [0.1, 0.15) is 5.84 Å². The number of nitrogen functional groups attached to an aromatic ring is 4. The molecule has 6 heterocycles. The molecule has 4 amide bonds. The molecule has 4 aliphatic rings. The zero-order chi connectivity index (χ0) is 38.6. The number of hydrogen-bond acceptors (Lipinski definition) is 15. The van der Waals surface area contributed by atoms with Crippen LogP contribution in [0.15, 0.2) is 9.98 Å². The Morgan fingerprint density at radius 2 is 1.17 bits per heavy atom. The van der Waals surface area contributed by atoms with Gasteiger partial charge in [-0.05, 0) is 44.9 Å². The Bertz CT molecular complexity index is 1870. The number of amidine groups is 1. The third-order valence-electron chi connectivity index (χ3n) is 10.5. The summed E-state index contributed by atoms with van der Waals surface area (Å²) < 4.78 is 0. The first kappa shape index (κ1) is 38.7. The van der Waals surface area contributed by atoms with Crippen LogP contribution in [-0.2, 0) is 9.59 Å². The summed E-state index contributed by atoms with van der Waals surface area (Å²) in [4.78, 5) is 79.9. The maximum absolute atomic E-state index is 13.0. The Hall–Kier alpha value is -5.04. The number of unbranched alkanes of at least 4 members (excludes halogenated alkanes) is 3. The fourth-order valence-electron chi connectivity index (χ4n) is 7.27. The number of piperidine rings is 2. The summed E-state index contributed by atoms with van der Waals surface area (Å²) in [6.07, 6.45) is 8.41. The second-order valence-electron chi connectivity index (χ2n) is 14.2. The summed E-state index contributed by atoms with van der Waals surface area (Å²) in [6, 6.07) is 0. The smallest absolute Gasteiger partial charge is 0.280 e. The highest BCUT2D eigenvalue weighted by Gasteiger charge is 2.41. The number of rotatable bonds is 9. The number of hydrogen-bond donors (Lipinski definition) is 7. The summed E-state index contributed by atoms with van der Waals surface area (Å²) in [5.74, 6) is -0.394. The zero-order valence-corrected chi connectivity index (χ0v) is 31.3. The lowest BCUT2D eigenvalue weighted by atomic mass is 9.86. The maximum Gasteiger partial charge on any atom is 0.280 e. The number of anilines is 4. The first-order valence-corrected chi connectivity index (χ1v) is 18.8. The Morgan fingerprint density at radius 1 is 0.667 bits per heavy atom. The van der Waals surface area contributed by atoms with Gasteiger partial charge < -0.3 is 43.4 Å². The number of halogens is 2. The molecule has 0 saturated carbocycles. The van der Waals surface area contributed by atoms with Crippen LogP contribution in [0, 0.1) is 0 Å². The zero-order valence-electron chi connectivity index (χ0n) is 29.8. The van der Waals surface area contributed by atoms with Gasteiger partial charge in [-0.15, -0.1) is 0 Å². The molecule has 2 fully saturated rings. The van der Waals surface area contributed by atoms with E-state index in [0.29, 0.717) is 76.6 Å². The molecule has 0 radical (unpaired) electrons. The minimum Gasteiger partial charge on any atom is -0.382 e. The van der Waals surface area contributed by atoms with Crippen molar-refractivity contribution in [3.8, 4) is 0 Å². The van der Waals surface area contributed by atoms with Crippen molar-refractivity contribution in [3.05, 3.63) is 21.7 Å². The van der Waals surface area contributed by atoms with Crippen molar-refractivity contribution in [2.75, 3.05) is 55.7 Å². The summed E-state index contributed by atoms with van der Waals surface area (Å²) in [5, 5.41) is 8.55. The van der Waals surface area contributed by atoms with E-state index >= 15 is 0 Å². The molecule has 19 nitrogen and oxygen atoms in total. The first-order valence-electron chi connectivity index (χ1n) is 18.0. The molecule has 2 spiro atoms. The van der Waals surface area contributed by atoms with Crippen LogP contribution in [0.5, 0.6) is 0 Å². The van der Waals surface area contributed by atoms with Gasteiger partial charge in [0.25, 0.3) is 11.8 Å². The number of amides is 4. The minimum absolute atomic E-state index is 0.0487. The molecular weight excluding hydrogens is 741 g/mol. The Morgan fingerprint density at radius 3 is 1.70 bits per heavy atom. The van der Waals surface area contributed by atoms with Crippen molar-refractivity contribution in [2.24, 2.45) is 9.98 Å². The van der Waals surface area contributed by atoms with Gasteiger partial charge in [0, 0.05) is 45.4 Å². The van der Waals surface area contributed by atoms with E-state index in [9.17, 15) is 19.2 Å². The van der Waals surface area contributed by atoms with Crippen LogP contribution < -0.4 is 38.9 Å². The minimum atomic E-state index is -0.605. The quantitative estimate of drug-likeness (QED) is 0.177. The molecule has 4 aliphatic heterocycles. The van der Waals surface area contributed by atoms with Gasteiger partial charge in [-0.3, -0.25) is 34.5 Å². The lowest BCUT2D eigenvalue weighted by molar-refractivity contribution is -0.134. The molecule has 2 aromatic heterocycles. The number of nitrogens with one attached hydrogen (secondary N) is 3. The van der Waals surface area contributed by atoms with Gasteiger partial charge in [0.15, 0.2) is 50.9 Å². The average molecular weight is 787 g/mol. The molecule has 0 bridgehead atoms. The predicted octanol–water partition coefficient (Wildman–Crippen LogP) is 1.28. The van der Waals surface area contributed by atoms with Crippen LogP contribution >= 0.6 is 23.2 Å². The summed E-state index contributed by atoms with van der Waals surface area (Å²) in [6.45, 7) is 2.87. The highest BCUT2D eigenvalue weighted by atomic mass is 35.5. The first-order chi connectivity index (χ1) is 25.8. The molecule has 2 saturated heterocycles. The lowest BCUT2D eigenvalue weighted by Crippen LogP contribution is -2.56. The van der Waals surface area contributed by atoms with Crippen molar-refractivity contribution in [1.29, 1.82) is 0 Å². The number of nitrogens with zero attached hydrogens (tertiary/aromatic N) is 8. The van der Waals surface area contributed by atoms with Gasteiger partial charge in [-0.25, -0.2) is 19.9 Å². The second-order valence-corrected chi connectivity index (χ2v) is 14.9. The number of aliphatic imine (C=N–C) groups is 2. The highest BCUT2D eigenvalue weighted by Crippen LogP contribution is 2.36. The number of carbonyl (C=O) groups excluding carboxylic acids is 4. The van der Waals surface area contributed by atoms with Gasteiger partial charge in [0.2, 0.25) is 11.8 Å². The Balaban J connectivity index is 0.833. The third-order valence-corrected chi connectivity index (χ3v) is 11.1. The SMILES string of the molecule is Nc1nc(N)c(C(=O)NC2=NC3(CC2)CCN(C(=O)CCCCCCC(=O)N2CCC4(CC2)CN=C(NC(=O)c2nc(Cl)c(N)nc2N)N4)CC3)nc1Cl. The van der Waals surface area contributed by atoms with Crippen molar-refractivity contribution in [1.82, 2.24) is 45.7 Å². The molecule has 0 unspecified atom stereocenters. The standard InChI is InChI=1S/C33H45Cl2N15O4/c34-23-27(38)44-25(36)21(42-23)29(53)41-18-7-8-32(47-18)9-13-49(14-10-32)19(51)5-3-1-2-4-6-20(52)50-15-11-33(12-16-50)17-40-31(48-33)46-30(54)22-26(37)45-28(39)24(35)43-22/h1-17H2,(H4,36,38,44)(H4,37,39,45)(H,41,47,53)(H2,40,46,48,54). The van der Waals surface area contributed by atoms with E-state index in [1.54, 1.807) is 0 Å². The lowest BCUT2D eigenvalue weighted by Gasteiger charge is -2.39. The monoisotopic (exact) mass is 785 g/mol. The largest absolute Gasteiger partial charge is 0.382 e. The van der Waals surface area contributed by atoms with Crippen LogP contribution in [-0.4, -0.2) is 109 Å². The van der Waals surface area contributed by atoms with Gasteiger partial charge in [-0.1, -0.05) is 36.0 Å². The van der Waals surface area contributed by atoms with Crippen LogP contribution in [0.3, 0.4) is 0 Å². The fraction of sp³-hybridized carbons (Fsp3) is 0.576. The fourth-order valence-corrected chi connectivity index (χ4v) is 7.52. The van der Waals surface area contributed by atoms with Gasteiger partial charge in [0.05, 0.1) is 17.6 Å². The summed E-state index contributed by atoms with van der Waals surface area (Å²) in [5.41, 5.74) is 21.9. The number of aromatic nitrogens is 4. The van der Waals surface area contributed by atoms with Crippen LogP contribution in [0.2, 0.25) is 10.3 Å². The average Bonchev–Trinajstić information content (AvgIpc) is 3.72. The van der Waals surface area contributed by atoms with E-state index in [4.69, 9.17) is 51.1 Å². The van der Waals surface area contributed by atoms with E-state index in [2.05, 4.69) is 40.9 Å². The second kappa shape index (κ2) is 16.1. The van der Waals surface area contributed by atoms with E-state index in [-0.39, 0.29) is 67.9 Å². The van der Waals surface area contributed by atoms with Crippen LogP contribution in [0.1, 0.15) is 98.0 Å². The third kappa shape index (κ3) is 8.83. The molecule has 290 valence electrons. The summed E-state index contributed by atoms with van der Waals surface area (Å²) >= 11 is 11.8. The number of nitrogens with two attached hydrogens (primary N) is 4.